The minimum Gasteiger partial charge on any atom is -0.394 e. The van der Waals surface area contributed by atoms with Crippen LogP contribution in [0.15, 0.2) is 0 Å². The molecule has 0 aliphatic rings. The van der Waals surface area contributed by atoms with Gasteiger partial charge in [-0.2, -0.15) is 0 Å². The van der Waals surface area contributed by atoms with E-state index in [2.05, 4.69) is 0 Å². The van der Waals surface area contributed by atoms with Crippen LogP contribution in [0.5, 0.6) is 0 Å². The molecule has 0 rings (SSSR count). The molecule has 0 aromatic heterocycles. The topological polar surface area (TPSA) is 127 Å². The fourth-order valence-corrected chi connectivity index (χ4v) is 0.538. The minimum absolute atomic E-state index is 0.703. The molecule has 0 aliphatic carbocycles. The lowest BCUT2D eigenvalue weighted by atomic mass is 10.1. The van der Waals surface area contributed by atoms with E-state index < -0.39 is 31.1 Å². The first kappa shape index (κ1) is 10.8. The van der Waals surface area contributed by atoms with E-state index in [-0.39, 0.29) is 0 Å². The molecule has 11 heavy (non-hydrogen) atoms. The van der Waals surface area contributed by atoms with Crippen molar-refractivity contribution in [3.8, 4) is 0 Å². The number of nitrogens with two attached hydrogens (primary N) is 1. The molecule has 0 heterocycles. The van der Waals surface area contributed by atoms with Crippen molar-refractivity contribution >= 4 is 0 Å². The van der Waals surface area contributed by atoms with Crippen molar-refractivity contribution in [2.45, 2.75) is 24.5 Å². The van der Waals surface area contributed by atoms with Crippen molar-refractivity contribution in [3.63, 3.8) is 0 Å². The van der Waals surface area contributed by atoms with Crippen LogP contribution in [0.3, 0.4) is 0 Å². The molecule has 4 atom stereocenters. The van der Waals surface area contributed by atoms with E-state index in [1.165, 1.54) is 0 Å². The van der Waals surface area contributed by atoms with Gasteiger partial charge in [-0.25, -0.2) is 0 Å². The second-order valence-electron chi connectivity index (χ2n) is 2.22. The fourth-order valence-electron chi connectivity index (χ4n) is 0.538. The summed E-state index contributed by atoms with van der Waals surface area (Å²) in [7, 11) is 0. The van der Waals surface area contributed by atoms with Crippen molar-refractivity contribution in [2.75, 3.05) is 6.61 Å². The Morgan fingerprint density at radius 1 is 1.00 bits per heavy atom. The van der Waals surface area contributed by atoms with Gasteiger partial charge in [0.05, 0.1) is 6.61 Å². The van der Waals surface area contributed by atoms with Gasteiger partial charge in [-0.05, 0) is 0 Å². The highest BCUT2D eigenvalue weighted by molar-refractivity contribution is 4.77. The molecule has 68 valence electrons. The average Bonchev–Trinajstić information content (AvgIpc) is 2.00. The van der Waals surface area contributed by atoms with Crippen LogP contribution in [-0.4, -0.2) is 56.7 Å². The van der Waals surface area contributed by atoms with Crippen LogP contribution in [0.1, 0.15) is 0 Å². The van der Waals surface area contributed by atoms with Gasteiger partial charge in [-0.1, -0.05) is 0 Å². The Kier molecular flexibility index (Phi) is 4.50. The molecule has 0 saturated heterocycles. The maximum Gasteiger partial charge on any atom is 0.131 e. The Hall–Kier alpha value is -0.240. The smallest absolute Gasteiger partial charge is 0.131 e. The van der Waals surface area contributed by atoms with E-state index >= 15 is 0 Å². The number of rotatable bonds is 4. The number of hydrogen-bond donors (Lipinski definition) is 6. The molecule has 0 radical (unpaired) electrons. The molecule has 0 aromatic carbocycles. The van der Waals surface area contributed by atoms with Crippen molar-refractivity contribution in [1.29, 1.82) is 0 Å². The Morgan fingerprint density at radius 3 is 1.73 bits per heavy atom. The lowest BCUT2D eigenvalue weighted by Crippen LogP contribution is -2.49. The van der Waals surface area contributed by atoms with E-state index in [1.54, 1.807) is 0 Å². The summed E-state index contributed by atoms with van der Waals surface area (Å²) in [5.74, 6) is 0. The van der Waals surface area contributed by atoms with Gasteiger partial charge in [0.2, 0.25) is 0 Å². The maximum absolute atomic E-state index is 8.86. The zero-order valence-corrected chi connectivity index (χ0v) is 5.83. The van der Waals surface area contributed by atoms with E-state index in [9.17, 15) is 0 Å². The third-order valence-electron chi connectivity index (χ3n) is 1.28. The summed E-state index contributed by atoms with van der Waals surface area (Å²) in [6, 6.07) is 0. The average molecular weight is 167 g/mol. The zero-order chi connectivity index (χ0) is 9.02. The molecule has 0 bridgehead atoms. The van der Waals surface area contributed by atoms with Gasteiger partial charge in [0.15, 0.2) is 0 Å². The van der Waals surface area contributed by atoms with Crippen LogP contribution in [0, 0.1) is 0 Å². The molecule has 0 amide bonds. The summed E-state index contributed by atoms with van der Waals surface area (Å²) in [4.78, 5) is 0. The maximum atomic E-state index is 8.86. The summed E-state index contributed by atoms with van der Waals surface area (Å²) in [5.41, 5.74) is 4.78. The monoisotopic (exact) mass is 167 g/mol. The Morgan fingerprint density at radius 2 is 1.45 bits per heavy atom. The molecule has 0 fully saturated rings. The quantitative estimate of drug-likeness (QED) is 0.239. The van der Waals surface area contributed by atoms with Crippen molar-refractivity contribution in [3.05, 3.63) is 0 Å². The van der Waals surface area contributed by atoms with Gasteiger partial charge < -0.3 is 31.3 Å². The molecule has 6 nitrogen and oxygen atoms in total. The number of aliphatic hydroxyl groups excluding tert-OH is 5. The van der Waals surface area contributed by atoms with Gasteiger partial charge in [-0.3, -0.25) is 0 Å². The summed E-state index contributed by atoms with van der Waals surface area (Å²) >= 11 is 0. The minimum atomic E-state index is -1.66. The van der Waals surface area contributed by atoms with Crippen LogP contribution in [0.2, 0.25) is 0 Å². The van der Waals surface area contributed by atoms with Crippen LogP contribution in [-0.2, 0) is 0 Å². The highest BCUT2D eigenvalue weighted by atomic mass is 16.4. The van der Waals surface area contributed by atoms with E-state index in [0.29, 0.717) is 0 Å². The van der Waals surface area contributed by atoms with Crippen LogP contribution in [0.4, 0.5) is 0 Å². The highest BCUT2D eigenvalue weighted by Gasteiger charge is 2.27. The second kappa shape index (κ2) is 4.60. The lowest BCUT2D eigenvalue weighted by Gasteiger charge is -2.22. The Bertz CT molecular complexity index is 109. The molecule has 0 spiro atoms. The molecule has 7 N–H and O–H groups in total. The first-order chi connectivity index (χ1) is 5.00. The third kappa shape index (κ3) is 3.10. The van der Waals surface area contributed by atoms with Crippen LogP contribution in [0.25, 0.3) is 0 Å². The Balaban J connectivity index is 3.90. The first-order valence-electron chi connectivity index (χ1n) is 3.09. The van der Waals surface area contributed by atoms with E-state index in [1.807, 2.05) is 0 Å². The number of aliphatic hydroxyl groups is 5. The molecular weight excluding hydrogens is 154 g/mol. The van der Waals surface area contributed by atoms with E-state index in [4.69, 9.17) is 31.3 Å². The lowest BCUT2D eigenvalue weighted by molar-refractivity contribution is -0.113. The van der Waals surface area contributed by atoms with Gasteiger partial charge in [0, 0.05) is 0 Å². The van der Waals surface area contributed by atoms with Gasteiger partial charge in [0.25, 0.3) is 0 Å². The van der Waals surface area contributed by atoms with Crippen molar-refractivity contribution in [1.82, 2.24) is 0 Å². The number of hydrogen-bond acceptors (Lipinski definition) is 6. The van der Waals surface area contributed by atoms with Crippen molar-refractivity contribution < 1.29 is 25.5 Å². The molecule has 6 heteroatoms. The Labute approximate surface area is 63.5 Å². The summed E-state index contributed by atoms with van der Waals surface area (Å²) in [5, 5.41) is 43.2. The first-order valence-corrected chi connectivity index (χ1v) is 3.09. The third-order valence-corrected chi connectivity index (χ3v) is 1.28. The fraction of sp³-hybridized carbons (Fsp3) is 1.00. The standard InChI is InChI=1S/C5H13NO5/c6-5(11)4(10)3(9)2(8)1-7/h2-5,7-11H,1,6H2/t2-,3-,4+,5-/m1/s1. The second-order valence-corrected chi connectivity index (χ2v) is 2.22. The SMILES string of the molecule is N[C@H](O)[C@@H](O)[C@H](O)[C@H](O)CO. The molecule has 0 aromatic rings. The molecule has 0 aliphatic heterocycles. The zero-order valence-electron chi connectivity index (χ0n) is 5.83. The normalized spacial score (nSPS) is 22.4. The highest BCUT2D eigenvalue weighted by Crippen LogP contribution is 2.00. The van der Waals surface area contributed by atoms with E-state index in [0.717, 1.165) is 0 Å². The van der Waals surface area contributed by atoms with Crippen LogP contribution >= 0.6 is 0 Å². The predicted octanol–water partition coefficient (Wildman–Crippen LogP) is -3.66. The summed E-state index contributed by atoms with van der Waals surface area (Å²) < 4.78 is 0. The van der Waals surface area contributed by atoms with Crippen LogP contribution < -0.4 is 5.73 Å². The molecule has 0 saturated carbocycles. The molecular formula is C5H13NO5. The summed E-state index contributed by atoms with van der Waals surface area (Å²) in [6.07, 6.45) is -6.42. The van der Waals surface area contributed by atoms with Gasteiger partial charge in [-0.15, -0.1) is 0 Å². The predicted molar refractivity (Wildman–Crippen MR) is 35.3 cm³/mol. The van der Waals surface area contributed by atoms with Gasteiger partial charge >= 0.3 is 0 Å². The van der Waals surface area contributed by atoms with Gasteiger partial charge in [0.1, 0.15) is 24.5 Å². The summed E-state index contributed by atoms with van der Waals surface area (Å²) in [6.45, 7) is -0.703. The largest absolute Gasteiger partial charge is 0.394 e. The van der Waals surface area contributed by atoms with Crippen molar-refractivity contribution in [2.24, 2.45) is 5.73 Å². The molecule has 0 unspecified atom stereocenters.